The lowest BCUT2D eigenvalue weighted by atomic mass is 10.2. The van der Waals surface area contributed by atoms with E-state index in [2.05, 4.69) is 31.3 Å². The molecule has 0 aliphatic rings. The van der Waals surface area contributed by atoms with Crippen molar-refractivity contribution in [2.24, 2.45) is 5.10 Å². The van der Waals surface area contributed by atoms with Crippen LogP contribution < -0.4 is 20.3 Å². The number of nitrogens with zero attached hydrogens (tertiary/aromatic N) is 3. The number of halogens is 3. The molecule has 1 heterocycles. The van der Waals surface area contributed by atoms with E-state index in [1.165, 1.54) is 10.9 Å². The Morgan fingerprint density at radius 1 is 1.14 bits per heavy atom. The Morgan fingerprint density at radius 2 is 1.89 bits per heavy atom. The first kappa shape index (κ1) is 26.7. The summed E-state index contributed by atoms with van der Waals surface area (Å²) < 4.78 is 13.4. The molecule has 8 nitrogen and oxygen atoms in total. The Balaban J connectivity index is 1.56. The van der Waals surface area contributed by atoms with Crippen LogP contribution in [0.15, 0.2) is 69.0 Å². The number of ether oxygens (including phenoxy) is 2. The normalized spacial score (nSPS) is 11.2. The molecule has 0 saturated heterocycles. The molecule has 37 heavy (non-hydrogen) atoms. The van der Waals surface area contributed by atoms with Gasteiger partial charge in [0.15, 0.2) is 18.1 Å². The van der Waals surface area contributed by atoms with E-state index in [-0.39, 0.29) is 28.8 Å². The summed E-state index contributed by atoms with van der Waals surface area (Å²) in [6.45, 7) is 3.56. The highest BCUT2D eigenvalue weighted by atomic mass is 79.9. The summed E-state index contributed by atoms with van der Waals surface area (Å²) in [5, 5.41) is 8.27. The number of carbonyl (C=O) groups excluding carboxylic acids is 1. The first-order valence-corrected chi connectivity index (χ1v) is 12.7. The maximum absolute atomic E-state index is 13.0. The average molecular weight is 604 g/mol. The molecular weight excluding hydrogens is 583 g/mol. The Bertz CT molecular complexity index is 1560. The van der Waals surface area contributed by atoms with E-state index in [1.807, 2.05) is 13.0 Å². The molecule has 0 bridgehead atoms. The fourth-order valence-corrected chi connectivity index (χ4v) is 4.21. The molecule has 3 aromatic carbocycles. The fourth-order valence-electron chi connectivity index (χ4n) is 3.45. The van der Waals surface area contributed by atoms with Crippen LogP contribution in [0.1, 0.15) is 18.3 Å². The first-order chi connectivity index (χ1) is 17.7. The van der Waals surface area contributed by atoms with Gasteiger partial charge in [0.05, 0.1) is 28.7 Å². The Kier molecular flexibility index (Phi) is 8.48. The van der Waals surface area contributed by atoms with E-state index in [9.17, 15) is 9.59 Å². The molecule has 0 unspecified atom stereocenters. The van der Waals surface area contributed by atoms with Gasteiger partial charge in [0.2, 0.25) is 0 Å². The zero-order chi connectivity index (χ0) is 26.5. The second-order valence-corrected chi connectivity index (χ2v) is 9.55. The molecule has 0 atom stereocenters. The lowest BCUT2D eigenvalue weighted by Crippen LogP contribution is -2.21. The number of aryl methyl sites for hydroxylation is 1. The van der Waals surface area contributed by atoms with Crippen LogP contribution in [0, 0.1) is 6.92 Å². The van der Waals surface area contributed by atoms with E-state index < -0.39 is 0 Å². The van der Waals surface area contributed by atoms with Gasteiger partial charge in [0.1, 0.15) is 5.82 Å². The Labute approximate surface area is 231 Å². The van der Waals surface area contributed by atoms with Crippen molar-refractivity contribution in [1.29, 1.82) is 0 Å². The van der Waals surface area contributed by atoms with Crippen LogP contribution in [0.4, 0.5) is 5.69 Å². The number of nitrogens with one attached hydrogen (secondary N) is 1. The minimum Gasteiger partial charge on any atom is -0.490 e. The summed E-state index contributed by atoms with van der Waals surface area (Å²) in [5.41, 5.74) is 1.43. The van der Waals surface area contributed by atoms with Crippen molar-refractivity contribution < 1.29 is 14.3 Å². The third-order valence-electron chi connectivity index (χ3n) is 5.10. The molecule has 0 saturated carbocycles. The molecule has 1 aromatic heterocycles. The molecule has 1 N–H and O–H groups in total. The van der Waals surface area contributed by atoms with Crippen LogP contribution >= 0.6 is 39.1 Å². The summed E-state index contributed by atoms with van der Waals surface area (Å²) in [7, 11) is 0. The van der Waals surface area contributed by atoms with Gasteiger partial charge in [0, 0.05) is 15.2 Å². The molecule has 0 aliphatic heterocycles. The molecule has 0 radical (unpaired) electrons. The van der Waals surface area contributed by atoms with Crippen molar-refractivity contribution in [2.45, 2.75) is 13.8 Å². The Morgan fingerprint density at radius 3 is 2.62 bits per heavy atom. The minimum atomic E-state index is -0.378. The zero-order valence-corrected chi connectivity index (χ0v) is 22.9. The number of fused-ring (bicyclic) bond motifs is 1. The third kappa shape index (κ3) is 6.49. The number of anilines is 1. The molecule has 0 spiro atoms. The molecule has 190 valence electrons. The van der Waals surface area contributed by atoms with Gasteiger partial charge in [-0.2, -0.15) is 9.78 Å². The standard InChI is InChI=1S/C26H21BrCl2N4O4/c1-3-36-23-11-16(13-30-33-15(2)31-22-9-4-17(27)12-20(22)26(33)35)10-21(29)25(23)37-14-24(34)32-19-7-5-18(28)6-8-19/h4-13H,3,14H2,1-2H3,(H,32,34). The van der Waals surface area contributed by atoms with E-state index >= 15 is 0 Å². The monoisotopic (exact) mass is 602 g/mol. The lowest BCUT2D eigenvalue weighted by Gasteiger charge is -2.14. The van der Waals surface area contributed by atoms with Crippen molar-refractivity contribution in [2.75, 3.05) is 18.5 Å². The summed E-state index contributed by atoms with van der Waals surface area (Å²) in [6.07, 6.45) is 1.48. The quantitative estimate of drug-likeness (QED) is 0.247. The van der Waals surface area contributed by atoms with Gasteiger partial charge in [-0.3, -0.25) is 9.59 Å². The minimum absolute atomic E-state index is 0.219. The van der Waals surface area contributed by atoms with Crippen molar-refractivity contribution in [3.63, 3.8) is 0 Å². The van der Waals surface area contributed by atoms with Crippen LogP contribution in [0.2, 0.25) is 10.0 Å². The second kappa shape index (κ2) is 11.8. The number of benzene rings is 3. The third-order valence-corrected chi connectivity index (χ3v) is 6.13. The summed E-state index contributed by atoms with van der Waals surface area (Å²) in [6, 6.07) is 15.3. The SMILES string of the molecule is CCOc1cc(C=Nn2c(C)nc3ccc(Br)cc3c2=O)cc(Cl)c1OCC(=O)Nc1ccc(Cl)cc1. The van der Waals surface area contributed by atoms with Gasteiger partial charge in [-0.25, -0.2) is 4.98 Å². The predicted molar refractivity (Wildman–Crippen MR) is 150 cm³/mol. The first-order valence-electron chi connectivity index (χ1n) is 11.1. The number of hydrogen-bond donors (Lipinski definition) is 1. The second-order valence-electron chi connectivity index (χ2n) is 7.79. The van der Waals surface area contributed by atoms with E-state index in [0.29, 0.717) is 45.4 Å². The maximum Gasteiger partial charge on any atom is 0.282 e. The largest absolute Gasteiger partial charge is 0.490 e. The van der Waals surface area contributed by atoms with E-state index in [1.54, 1.807) is 55.5 Å². The van der Waals surface area contributed by atoms with Crippen LogP contribution in [0.3, 0.4) is 0 Å². The van der Waals surface area contributed by atoms with Crippen molar-refractivity contribution in [3.05, 3.63) is 90.9 Å². The molecular formula is C26H21BrCl2N4O4. The van der Waals surface area contributed by atoms with Crippen LogP contribution in [-0.4, -0.2) is 35.0 Å². The van der Waals surface area contributed by atoms with Gasteiger partial charge in [-0.15, -0.1) is 0 Å². The van der Waals surface area contributed by atoms with Gasteiger partial charge in [-0.05, 0) is 74.0 Å². The molecule has 4 rings (SSSR count). The fraction of sp³-hybridized carbons (Fsp3) is 0.154. The summed E-state index contributed by atoms with van der Waals surface area (Å²) >= 11 is 15.7. The highest BCUT2D eigenvalue weighted by Crippen LogP contribution is 2.36. The number of aromatic nitrogens is 2. The van der Waals surface area contributed by atoms with Gasteiger partial charge in [0.25, 0.3) is 11.5 Å². The highest BCUT2D eigenvalue weighted by Gasteiger charge is 2.15. The smallest absolute Gasteiger partial charge is 0.282 e. The van der Waals surface area contributed by atoms with Crippen LogP contribution in [0.25, 0.3) is 10.9 Å². The molecule has 1 amide bonds. The number of hydrogen-bond acceptors (Lipinski definition) is 6. The van der Waals surface area contributed by atoms with Gasteiger partial charge < -0.3 is 14.8 Å². The Hall–Kier alpha value is -3.40. The molecule has 4 aromatic rings. The summed E-state index contributed by atoms with van der Waals surface area (Å²) in [4.78, 5) is 29.8. The molecule has 0 fully saturated rings. The van der Waals surface area contributed by atoms with Crippen molar-refractivity contribution in [3.8, 4) is 11.5 Å². The van der Waals surface area contributed by atoms with Crippen molar-refractivity contribution >= 4 is 67.8 Å². The molecule has 11 heteroatoms. The topological polar surface area (TPSA) is 94.8 Å². The maximum atomic E-state index is 13.0. The number of amides is 1. The molecule has 0 aliphatic carbocycles. The number of carbonyl (C=O) groups is 1. The van der Waals surface area contributed by atoms with Crippen LogP contribution in [-0.2, 0) is 4.79 Å². The van der Waals surface area contributed by atoms with E-state index in [0.717, 1.165) is 4.47 Å². The number of rotatable bonds is 8. The lowest BCUT2D eigenvalue weighted by molar-refractivity contribution is -0.118. The van der Waals surface area contributed by atoms with Crippen molar-refractivity contribution in [1.82, 2.24) is 9.66 Å². The predicted octanol–water partition coefficient (Wildman–Crippen LogP) is 6.07. The van der Waals surface area contributed by atoms with Crippen LogP contribution in [0.5, 0.6) is 11.5 Å². The van der Waals surface area contributed by atoms with E-state index in [4.69, 9.17) is 32.7 Å². The van der Waals surface area contributed by atoms with Gasteiger partial charge in [-0.1, -0.05) is 39.1 Å². The highest BCUT2D eigenvalue weighted by molar-refractivity contribution is 9.10. The van der Waals surface area contributed by atoms with Gasteiger partial charge >= 0.3 is 0 Å². The average Bonchev–Trinajstić information content (AvgIpc) is 2.85. The summed E-state index contributed by atoms with van der Waals surface area (Å²) in [5.74, 6) is 0.605. The zero-order valence-electron chi connectivity index (χ0n) is 19.8.